The molecule has 0 saturated heterocycles. The molecule has 8 nitrogen and oxygen atoms in total. The summed E-state index contributed by atoms with van der Waals surface area (Å²) in [7, 11) is -4.06. The number of anilines is 5. The van der Waals surface area contributed by atoms with Crippen molar-refractivity contribution in [2.45, 2.75) is 24.9 Å². The highest BCUT2D eigenvalue weighted by molar-refractivity contribution is 7.92. The summed E-state index contributed by atoms with van der Waals surface area (Å²) in [5.41, 5.74) is 0.994. The largest absolute Gasteiger partial charge is 0.416 e. The molecule has 0 fully saturated rings. The quantitative estimate of drug-likeness (QED) is 0.286. The minimum absolute atomic E-state index is 0.243. The zero-order chi connectivity index (χ0) is 25.9. The Morgan fingerprint density at radius 2 is 1.36 bits per heavy atom. The highest BCUT2D eigenvalue weighted by Crippen LogP contribution is 2.30. The van der Waals surface area contributed by atoms with Crippen LogP contribution >= 0.6 is 0 Å². The fourth-order valence-electron chi connectivity index (χ4n) is 3.24. The van der Waals surface area contributed by atoms with Gasteiger partial charge in [0.25, 0.3) is 10.0 Å². The van der Waals surface area contributed by atoms with Gasteiger partial charge in [0.1, 0.15) is 23.3 Å². The smallest absolute Gasteiger partial charge is 0.340 e. The molecule has 3 N–H and O–H groups in total. The summed E-state index contributed by atoms with van der Waals surface area (Å²) in [6.45, 7) is 3.71. The zero-order valence-electron chi connectivity index (χ0n) is 19.1. The van der Waals surface area contributed by atoms with Crippen LogP contribution in [0, 0.1) is 13.8 Å². The van der Waals surface area contributed by atoms with Crippen LogP contribution in [0.1, 0.15) is 17.0 Å². The van der Waals surface area contributed by atoms with Gasteiger partial charge >= 0.3 is 6.18 Å². The van der Waals surface area contributed by atoms with E-state index in [1.807, 2.05) is 19.1 Å². The second-order valence-corrected chi connectivity index (χ2v) is 9.54. The molecular weight excluding hydrogens is 493 g/mol. The number of aryl methyl sites for hydroxylation is 2. The molecule has 36 heavy (non-hydrogen) atoms. The second-order valence-electron chi connectivity index (χ2n) is 7.86. The van der Waals surface area contributed by atoms with Crippen molar-refractivity contribution in [1.82, 2.24) is 15.0 Å². The molecule has 0 saturated carbocycles. The lowest BCUT2D eigenvalue weighted by Crippen LogP contribution is -2.13. The van der Waals surface area contributed by atoms with Crippen molar-refractivity contribution in [3.8, 4) is 0 Å². The summed E-state index contributed by atoms with van der Waals surface area (Å²) in [4.78, 5) is 12.7. The zero-order valence-corrected chi connectivity index (χ0v) is 19.9. The van der Waals surface area contributed by atoms with Crippen LogP contribution in [-0.2, 0) is 16.2 Å². The van der Waals surface area contributed by atoms with Crippen molar-refractivity contribution >= 4 is 38.9 Å². The standard InChI is InChI=1S/C24H21F3N6O2S/c1-15-11-12-28-21(13-15)32-23-14-22(29-16(2)30-23)31-18-5-7-19(8-6-18)33-36(34,35)20-9-3-17(4-10-20)24(25,26)27/h3-14,33H,1-2H3,(H2,28,29,30,31,32). The van der Waals surface area contributed by atoms with Crippen LogP contribution in [0.5, 0.6) is 0 Å². The number of benzene rings is 2. The number of alkyl halides is 3. The lowest BCUT2D eigenvalue weighted by atomic mass is 10.2. The van der Waals surface area contributed by atoms with Crippen molar-refractivity contribution in [1.29, 1.82) is 0 Å². The summed E-state index contributed by atoms with van der Waals surface area (Å²) in [5.74, 6) is 2.22. The van der Waals surface area contributed by atoms with Crippen LogP contribution < -0.4 is 15.4 Å². The van der Waals surface area contributed by atoms with Crippen molar-refractivity contribution in [2.75, 3.05) is 15.4 Å². The van der Waals surface area contributed by atoms with E-state index in [9.17, 15) is 21.6 Å². The maximum Gasteiger partial charge on any atom is 0.416 e. The van der Waals surface area contributed by atoms with Gasteiger partial charge in [-0.25, -0.2) is 23.4 Å². The summed E-state index contributed by atoms with van der Waals surface area (Å²) < 4.78 is 65.6. The van der Waals surface area contributed by atoms with Gasteiger partial charge in [0.15, 0.2) is 0 Å². The molecule has 2 aromatic carbocycles. The molecule has 0 bridgehead atoms. The Balaban J connectivity index is 1.45. The van der Waals surface area contributed by atoms with E-state index in [0.29, 0.717) is 29.0 Å². The molecule has 0 aliphatic rings. The number of aromatic nitrogens is 3. The highest BCUT2D eigenvalue weighted by Gasteiger charge is 2.30. The van der Waals surface area contributed by atoms with Gasteiger partial charge in [-0.1, -0.05) is 0 Å². The summed E-state index contributed by atoms with van der Waals surface area (Å²) >= 11 is 0. The molecule has 2 heterocycles. The Morgan fingerprint density at radius 3 is 1.97 bits per heavy atom. The van der Waals surface area contributed by atoms with Gasteiger partial charge in [-0.2, -0.15) is 13.2 Å². The maximum absolute atomic E-state index is 12.7. The molecule has 4 aromatic rings. The topological polar surface area (TPSA) is 109 Å². The number of halogens is 3. The van der Waals surface area contributed by atoms with E-state index in [4.69, 9.17) is 0 Å². The molecule has 12 heteroatoms. The van der Waals surface area contributed by atoms with Gasteiger partial charge in [0.2, 0.25) is 0 Å². The van der Waals surface area contributed by atoms with Crippen molar-refractivity contribution in [2.24, 2.45) is 0 Å². The first-order chi connectivity index (χ1) is 17.0. The monoisotopic (exact) mass is 514 g/mol. The van der Waals surface area contributed by atoms with Crippen molar-refractivity contribution in [3.63, 3.8) is 0 Å². The van der Waals surface area contributed by atoms with Crippen LogP contribution in [0.25, 0.3) is 0 Å². The van der Waals surface area contributed by atoms with E-state index in [0.717, 1.165) is 29.8 Å². The number of hydrogen-bond donors (Lipinski definition) is 3. The normalized spacial score (nSPS) is 11.7. The number of nitrogens with zero attached hydrogens (tertiary/aromatic N) is 3. The van der Waals surface area contributed by atoms with Gasteiger partial charge in [-0.3, -0.25) is 4.72 Å². The molecule has 0 aliphatic heterocycles. The van der Waals surface area contributed by atoms with Gasteiger partial charge < -0.3 is 10.6 Å². The van der Waals surface area contributed by atoms with Gasteiger partial charge in [0.05, 0.1) is 10.5 Å². The number of sulfonamides is 1. The molecule has 0 amide bonds. The first-order valence-corrected chi connectivity index (χ1v) is 12.1. The predicted octanol–water partition coefficient (Wildman–Crippen LogP) is 5.80. The van der Waals surface area contributed by atoms with Gasteiger partial charge in [0, 0.05) is 23.6 Å². The predicted molar refractivity (Wildman–Crippen MR) is 131 cm³/mol. The summed E-state index contributed by atoms with van der Waals surface area (Å²) in [6, 6.07) is 15.1. The fourth-order valence-corrected chi connectivity index (χ4v) is 4.30. The Bertz CT molecular complexity index is 1480. The van der Waals surface area contributed by atoms with E-state index in [-0.39, 0.29) is 10.6 Å². The summed E-state index contributed by atoms with van der Waals surface area (Å²) in [6.07, 6.45) is -2.85. The molecule has 0 aliphatic carbocycles. The third-order valence-electron chi connectivity index (χ3n) is 4.91. The van der Waals surface area contributed by atoms with Gasteiger partial charge in [-0.05, 0) is 80.1 Å². The Hall–Kier alpha value is -4.19. The number of pyridine rings is 1. The SMILES string of the molecule is Cc1ccnc(Nc2cc(Nc3ccc(NS(=O)(=O)c4ccc(C(F)(F)F)cc4)cc3)nc(C)n2)c1. The third kappa shape index (κ3) is 6.27. The first-order valence-electron chi connectivity index (χ1n) is 10.6. The Labute approximate surface area is 205 Å². The fraction of sp³-hybridized carbons (Fsp3) is 0.125. The number of hydrogen-bond acceptors (Lipinski definition) is 7. The molecule has 4 rings (SSSR count). The summed E-state index contributed by atoms with van der Waals surface area (Å²) in [5, 5.41) is 6.26. The third-order valence-corrected chi connectivity index (χ3v) is 6.31. The van der Waals surface area contributed by atoms with Crippen LogP contribution in [0.15, 0.2) is 77.8 Å². The van der Waals surface area contributed by atoms with Crippen LogP contribution in [0.4, 0.5) is 42.0 Å². The van der Waals surface area contributed by atoms with E-state index >= 15 is 0 Å². The molecule has 0 spiro atoms. The van der Waals surface area contributed by atoms with Gasteiger partial charge in [-0.15, -0.1) is 0 Å². The van der Waals surface area contributed by atoms with Crippen molar-refractivity contribution < 1.29 is 21.6 Å². The molecule has 2 aromatic heterocycles. The number of rotatable bonds is 7. The van der Waals surface area contributed by atoms with Crippen molar-refractivity contribution in [3.05, 3.63) is 89.9 Å². The van der Waals surface area contributed by atoms with E-state index in [1.54, 1.807) is 31.3 Å². The minimum atomic E-state index is -4.55. The minimum Gasteiger partial charge on any atom is -0.340 e. The molecule has 0 radical (unpaired) electrons. The molecular formula is C24H21F3N6O2S. The lowest BCUT2D eigenvalue weighted by Gasteiger charge is -2.12. The first kappa shape index (κ1) is 24.9. The van der Waals surface area contributed by atoms with Crippen LogP contribution in [-0.4, -0.2) is 23.4 Å². The average Bonchev–Trinajstić information content (AvgIpc) is 2.79. The van der Waals surface area contributed by atoms with E-state index in [1.165, 1.54) is 12.1 Å². The highest BCUT2D eigenvalue weighted by atomic mass is 32.2. The maximum atomic E-state index is 12.7. The molecule has 186 valence electrons. The Morgan fingerprint density at radius 1 is 0.750 bits per heavy atom. The molecule has 0 atom stereocenters. The van der Waals surface area contributed by atoms with Crippen LogP contribution in [0.2, 0.25) is 0 Å². The molecule has 0 unspecified atom stereocenters. The lowest BCUT2D eigenvalue weighted by molar-refractivity contribution is -0.137. The average molecular weight is 515 g/mol. The van der Waals surface area contributed by atoms with E-state index in [2.05, 4.69) is 30.3 Å². The van der Waals surface area contributed by atoms with Crippen LogP contribution in [0.3, 0.4) is 0 Å². The van der Waals surface area contributed by atoms with E-state index < -0.39 is 21.8 Å². The number of nitrogens with one attached hydrogen (secondary N) is 3. The second kappa shape index (κ2) is 9.82. The Kier molecular flexibility index (Phi) is 6.80.